The van der Waals surface area contributed by atoms with E-state index in [2.05, 4.69) is 16.6 Å². The zero-order valence-electron chi connectivity index (χ0n) is 15.8. The first-order valence-corrected chi connectivity index (χ1v) is 10.1. The van der Waals surface area contributed by atoms with Gasteiger partial charge in [-0.1, -0.05) is 26.2 Å². The second kappa shape index (κ2) is 11.5. The van der Waals surface area contributed by atoms with E-state index in [4.69, 9.17) is 25.9 Å². The van der Waals surface area contributed by atoms with Gasteiger partial charge in [-0.15, -0.1) is 11.6 Å². The standard InChI is InChI=1S/C19H30ClNO6/c1-2-3-4-5-14(22)8-10-21-11-9-16(20)17(21)13-25-12-15-6-7-18(26-15)27-19(23)24/h6-7,14,16-17,22H,2-5,8-13H2,1H3,(H,23,24). The van der Waals surface area contributed by atoms with Gasteiger partial charge >= 0.3 is 6.16 Å². The van der Waals surface area contributed by atoms with Gasteiger partial charge in [-0.25, -0.2) is 4.79 Å². The van der Waals surface area contributed by atoms with E-state index >= 15 is 0 Å². The number of hydrogen-bond acceptors (Lipinski definition) is 6. The minimum absolute atomic E-state index is 0.0183. The van der Waals surface area contributed by atoms with Crippen molar-refractivity contribution < 1.29 is 28.9 Å². The van der Waals surface area contributed by atoms with Crippen molar-refractivity contribution in [1.82, 2.24) is 4.90 Å². The molecule has 0 aromatic carbocycles. The minimum atomic E-state index is -1.42. The lowest BCUT2D eigenvalue weighted by atomic mass is 10.1. The van der Waals surface area contributed by atoms with Crippen molar-refractivity contribution in [3.63, 3.8) is 0 Å². The van der Waals surface area contributed by atoms with Gasteiger partial charge in [0.2, 0.25) is 0 Å². The molecule has 0 aliphatic carbocycles. The second-order valence-electron chi connectivity index (χ2n) is 6.95. The number of alkyl halides is 1. The van der Waals surface area contributed by atoms with Gasteiger partial charge in [0, 0.05) is 25.2 Å². The minimum Gasteiger partial charge on any atom is -0.449 e. The van der Waals surface area contributed by atoms with Crippen molar-refractivity contribution in [3.8, 4) is 5.95 Å². The van der Waals surface area contributed by atoms with E-state index in [-0.39, 0.29) is 30.1 Å². The lowest BCUT2D eigenvalue weighted by Gasteiger charge is -2.26. The summed E-state index contributed by atoms with van der Waals surface area (Å²) in [5.74, 6) is 0.420. The van der Waals surface area contributed by atoms with Gasteiger partial charge in [0.25, 0.3) is 5.95 Å². The van der Waals surface area contributed by atoms with Crippen molar-refractivity contribution in [1.29, 1.82) is 0 Å². The van der Waals surface area contributed by atoms with E-state index in [0.717, 1.165) is 51.6 Å². The van der Waals surface area contributed by atoms with Gasteiger partial charge in [0.15, 0.2) is 0 Å². The van der Waals surface area contributed by atoms with E-state index in [9.17, 15) is 9.90 Å². The number of rotatable bonds is 12. The van der Waals surface area contributed by atoms with Crippen LogP contribution >= 0.6 is 11.6 Å². The molecule has 1 aliphatic heterocycles. The zero-order valence-corrected chi connectivity index (χ0v) is 16.6. The highest BCUT2D eigenvalue weighted by molar-refractivity contribution is 6.21. The van der Waals surface area contributed by atoms with E-state index < -0.39 is 6.16 Å². The highest BCUT2D eigenvalue weighted by Gasteiger charge is 2.32. The van der Waals surface area contributed by atoms with E-state index in [1.165, 1.54) is 6.07 Å². The Bertz CT molecular complexity index is 566. The van der Waals surface area contributed by atoms with Crippen LogP contribution in [0, 0.1) is 0 Å². The molecule has 2 rings (SSSR count). The molecule has 0 spiro atoms. The Morgan fingerprint density at radius 3 is 2.96 bits per heavy atom. The number of unbranched alkanes of at least 4 members (excludes halogenated alkanes) is 2. The molecule has 1 saturated heterocycles. The molecule has 0 bridgehead atoms. The van der Waals surface area contributed by atoms with Gasteiger partial charge in [-0.05, 0) is 25.3 Å². The third kappa shape index (κ3) is 7.70. The molecule has 3 atom stereocenters. The zero-order chi connectivity index (χ0) is 19.6. The Hall–Kier alpha value is -1.28. The van der Waals surface area contributed by atoms with Crippen molar-refractivity contribution in [3.05, 3.63) is 17.9 Å². The fourth-order valence-electron chi connectivity index (χ4n) is 3.31. The normalized spacial score (nSPS) is 21.4. The van der Waals surface area contributed by atoms with Gasteiger partial charge in [-0.3, -0.25) is 4.90 Å². The fraction of sp³-hybridized carbons (Fsp3) is 0.737. The predicted octanol–water partition coefficient (Wildman–Crippen LogP) is 3.87. The number of ether oxygens (including phenoxy) is 2. The van der Waals surface area contributed by atoms with Gasteiger partial charge in [0.05, 0.1) is 18.1 Å². The van der Waals surface area contributed by atoms with Crippen LogP contribution in [0.3, 0.4) is 0 Å². The Labute approximate surface area is 165 Å². The van der Waals surface area contributed by atoms with Crippen molar-refractivity contribution >= 4 is 17.8 Å². The lowest BCUT2D eigenvalue weighted by Crippen LogP contribution is -2.38. The van der Waals surface area contributed by atoms with Crippen LogP contribution < -0.4 is 4.74 Å². The molecule has 27 heavy (non-hydrogen) atoms. The van der Waals surface area contributed by atoms with Crippen molar-refractivity contribution in [2.75, 3.05) is 19.7 Å². The second-order valence-corrected chi connectivity index (χ2v) is 7.51. The molecule has 1 aliphatic rings. The molecule has 0 saturated carbocycles. The van der Waals surface area contributed by atoms with E-state index in [1.54, 1.807) is 6.07 Å². The molecule has 1 aromatic rings. The maximum Gasteiger partial charge on any atom is 0.513 e. The van der Waals surface area contributed by atoms with E-state index in [1.807, 2.05) is 0 Å². The number of carbonyl (C=O) groups is 1. The molecule has 7 nitrogen and oxygen atoms in total. The third-order valence-corrected chi connectivity index (χ3v) is 5.34. The van der Waals surface area contributed by atoms with E-state index in [0.29, 0.717) is 12.4 Å². The highest BCUT2D eigenvalue weighted by atomic mass is 35.5. The smallest absolute Gasteiger partial charge is 0.449 e. The molecule has 154 valence electrons. The summed E-state index contributed by atoms with van der Waals surface area (Å²) in [5, 5.41) is 18.7. The summed E-state index contributed by atoms with van der Waals surface area (Å²) in [7, 11) is 0. The molecular formula is C19H30ClNO6. The Balaban J connectivity index is 1.71. The average Bonchev–Trinajstić information content (AvgIpc) is 3.20. The summed E-state index contributed by atoms with van der Waals surface area (Å²) >= 11 is 6.44. The molecule has 2 N–H and O–H groups in total. The Kier molecular flexibility index (Phi) is 9.41. The first-order valence-electron chi connectivity index (χ1n) is 9.63. The number of carboxylic acid groups (broad SMARTS) is 1. The quantitative estimate of drug-likeness (QED) is 0.311. The lowest BCUT2D eigenvalue weighted by molar-refractivity contribution is 0.0502. The first-order chi connectivity index (χ1) is 13.0. The molecule has 2 heterocycles. The number of likely N-dealkylation sites (tertiary alicyclic amines) is 1. The largest absolute Gasteiger partial charge is 0.513 e. The number of nitrogens with zero attached hydrogens (tertiary/aromatic N) is 1. The summed E-state index contributed by atoms with van der Waals surface area (Å²) in [4.78, 5) is 12.7. The van der Waals surface area contributed by atoms with Crippen LogP contribution in [0.15, 0.2) is 16.5 Å². The molecular weight excluding hydrogens is 374 g/mol. The Morgan fingerprint density at radius 2 is 2.22 bits per heavy atom. The number of aliphatic hydroxyl groups is 1. The van der Waals surface area contributed by atoms with Crippen LogP contribution in [0.25, 0.3) is 0 Å². The van der Waals surface area contributed by atoms with Crippen LogP contribution in [0.4, 0.5) is 4.79 Å². The van der Waals surface area contributed by atoms with Crippen LogP contribution in [0.2, 0.25) is 0 Å². The highest BCUT2D eigenvalue weighted by Crippen LogP contribution is 2.25. The van der Waals surface area contributed by atoms with Gasteiger partial charge in [-0.2, -0.15) is 0 Å². The topological polar surface area (TPSA) is 92.4 Å². The summed E-state index contributed by atoms with van der Waals surface area (Å²) in [5.41, 5.74) is 0. The van der Waals surface area contributed by atoms with Gasteiger partial charge in [0.1, 0.15) is 12.4 Å². The fourth-order valence-corrected chi connectivity index (χ4v) is 3.64. The summed E-state index contributed by atoms with van der Waals surface area (Å²) in [6.07, 6.45) is 4.21. The summed E-state index contributed by atoms with van der Waals surface area (Å²) in [6.45, 7) is 4.54. The summed E-state index contributed by atoms with van der Waals surface area (Å²) in [6, 6.07) is 3.16. The van der Waals surface area contributed by atoms with Crippen LogP contribution in [-0.2, 0) is 11.3 Å². The molecule has 3 unspecified atom stereocenters. The molecule has 0 radical (unpaired) electrons. The van der Waals surface area contributed by atoms with Crippen molar-refractivity contribution in [2.24, 2.45) is 0 Å². The SMILES string of the molecule is CCCCCC(O)CCN1CCC(Cl)C1COCc1ccc(OC(=O)O)o1. The Morgan fingerprint density at radius 1 is 1.41 bits per heavy atom. The van der Waals surface area contributed by atoms with Crippen molar-refractivity contribution in [2.45, 2.75) is 69.6 Å². The number of furan rings is 1. The maximum absolute atomic E-state index is 10.5. The monoisotopic (exact) mass is 403 g/mol. The van der Waals surface area contributed by atoms with Gasteiger partial charge < -0.3 is 24.1 Å². The number of hydrogen-bond donors (Lipinski definition) is 2. The average molecular weight is 404 g/mol. The summed E-state index contributed by atoms with van der Waals surface area (Å²) < 4.78 is 15.4. The molecule has 1 aromatic heterocycles. The van der Waals surface area contributed by atoms with Crippen LogP contribution in [0.5, 0.6) is 5.95 Å². The first kappa shape index (κ1) is 22.0. The number of aliphatic hydroxyl groups excluding tert-OH is 1. The molecule has 8 heteroatoms. The number of halogens is 1. The molecule has 1 fully saturated rings. The maximum atomic E-state index is 10.5. The van der Waals surface area contributed by atoms with Crippen LogP contribution in [-0.4, -0.2) is 58.5 Å². The third-order valence-electron chi connectivity index (χ3n) is 4.83. The van der Waals surface area contributed by atoms with Crippen LogP contribution in [0.1, 0.15) is 51.2 Å². The predicted molar refractivity (Wildman–Crippen MR) is 101 cm³/mol. The molecule has 0 amide bonds.